The highest BCUT2D eigenvalue weighted by Crippen LogP contribution is 2.16. The maximum atomic E-state index is 7.67. The van der Waals surface area contributed by atoms with E-state index >= 15 is 0 Å². The summed E-state index contributed by atoms with van der Waals surface area (Å²) in [5.74, 6) is 1.13. The van der Waals surface area contributed by atoms with E-state index in [-0.39, 0.29) is 5.84 Å². The first-order valence-electron chi connectivity index (χ1n) is 6.69. The zero-order chi connectivity index (χ0) is 14.7. The van der Waals surface area contributed by atoms with Crippen LogP contribution in [0.25, 0.3) is 0 Å². The molecule has 1 aromatic carbocycles. The average molecular weight is 296 g/mol. The first kappa shape index (κ1) is 13.6. The van der Waals surface area contributed by atoms with Crippen LogP contribution in [0.2, 0.25) is 0 Å². The Kier molecular flexibility index (Phi) is 3.83. The van der Waals surface area contributed by atoms with E-state index in [0.717, 1.165) is 23.4 Å². The summed E-state index contributed by atoms with van der Waals surface area (Å²) in [6.07, 6.45) is 4.62. The van der Waals surface area contributed by atoms with Crippen LogP contribution in [0, 0.1) is 5.41 Å². The van der Waals surface area contributed by atoms with E-state index in [0.29, 0.717) is 6.54 Å². The Balaban J connectivity index is 1.86. The maximum Gasteiger partial charge on any atom is 0.123 e. The second-order valence-electron chi connectivity index (χ2n) is 4.80. The SMILES string of the molecule is N=C(N)c1ccccc1Cn1ccnc1Cc1cccs1. The molecule has 0 saturated heterocycles. The number of hydrogen-bond acceptors (Lipinski definition) is 3. The second kappa shape index (κ2) is 5.93. The zero-order valence-corrected chi connectivity index (χ0v) is 12.3. The van der Waals surface area contributed by atoms with Crippen molar-refractivity contribution in [3.05, 3.63) is 76.0 Å². The summed E-state index contributed by atoms with van der Waals surface area (Å²) >= 11 is 1.74. The third-order valence-corrected chi connectivity index (χ3v) is 4.24. The standard InChI is InChI=1S/C16H16N4S/c17-16(18)14-6-2-1-4-12(14)11-20-8-7-19-15(20)10-13-5-3-9-21-13/h1-9H,10-11H2,(H3,17,18). The number of thiophene rings is 1. The molecule has 0 aliphatic rings. The molecule has 4 nitrogen and oxygen atoms in total. The Morgan fingerprint density at radius 2 is 2.10 bits per heavy atom. The van der Waals surface area contributed by atoms with Crippen molar-refractivity contribution in [1.82, 2.24) is 9.55 Å². The largest absolute Gasteiger partial charge is 0.384 e. The highest BCUT2D eigenvalue weighted by atomic mass is 32.1. The summed E-state index contributed by atoms with van der Waals surface area (Å²) in [5.41, 5.74) is 7.47. The van der Waals surface area contributed by atoms with Gasteiger partial charge in [-0.05, 0) is 17.0 Å². The van der Waals surface area contributed by atoms with Gasteiger partial charge in [-0.2, -0.15) is 0 Å². The van der Waals surface area contributed by atoms with Crippen LogP contribution in [-0.4, -0.2) is 15.4 Å². The molecule has 0 fully saturated rings. The molecule has 3 N–H and O–H groups in total. The average Bonchev–Trinajstić information content (AvgIpc) is 3.12. The number of aromatic nitrogens is 2. The van der Waals surface area contributed by atoms with Crippen LogP contribution in [-0.2, 0) is 13.0 Å². The molecule has 0 amide bonds. The number of amidine groups is 1. The molecule has 0 spiro atoms. The molecule has 106 valence electrons. The molecule has 0 aliphatic carbocycles. The third kappa shape index (κ3) is 3.03. The molecule has 3 rings (SSSR count). The van der Waals surface area contributed by atoms with Gasteiger partial charge in [0.25, 0.3) is 0 Å². The van der Waals surface area contributed by atoms with Crippen molar-refractivity contribution >= 4 is 17.2 Å². The van der Waals surface area contributed by atoms with E-state index in [1.165, 1.54) is 4.88 Å². The minimum absolute atomic E-state index is 0.102. The fourth-order valence-electron chi connectivity index (χ4n) is 2.32. The topological polar surface area (TPSA) is 67.7 Å². The number of nitrogen functional groups attached to an aromatic ring is 1. The lowest BCUT2D eigenvalue weighted by atomic mass is 10.1. The molecular weight excluding hydrogens is 280 g/mol. The van der Waals surface area contributed by atoms with Crippen LogP contribution in [0.5, 0.6) is 0 Å². The van der Waals surface area contributed by atoms with Gasteiger partial charge in [0.1, 0.15) is 11.7 Å². The normalized spacial score (nSPS) is 10.7. The van der Waals surface area contributed by atoms with Crippen LogP contribution < -0.4 is 5.73 Å². The van der Waals surface area contributed by atoms with Gasteiger partial charge in [-0.15, -0.1) is 11.3 Å². The Morgan fingerprint density at radius 3 is 2.86 bits per heavy atom. The zero-order valence-electron chi connectivity index (χ0n) is 11.5. The van der Waals surface area contributed by atoms with Crippen molar-refractivity contribution in [3.63, 3.8) is 0 Å². The van der Waals surface area contributed by atoms with Crippen LogP contribution in [0.15, 0.2) is 54.2 Å². The van der Waals surface area contributed by atoms with Gasteiger partial charge in [0, 0.05) is 35.8 Å². The summed E-state index contributed by atoms with van der Waals surface area (Å²) < 4.78 is 2.11. The van der Waals surface area contributed by atoms with E-state index in [9.17, 15) is 0 Å². The second-order valence-corrected chi connectivity index (χ2v) is 5.83. The van der Waals surface area contributed by atoms with Gasteiger partial charge in [-0.3, -0.25) is 5.41 Å². The molecule has 5 heteroatoms. The molecule has 21 heavy (non-hydrogen) atoms. The lowest BCUT2D eigenvalue weighted by molar-refractivity contribution is 0.742. The summed E-state index contributed by atoms with van der Waals surface area (Å²) in [6.45, 7) is 0.677. The van der Waals surface area contributed by atoms with Crippen LogP contribution in [0.4, 0.5) is 0 Å². The monoisotopic (exact) mass is 296 g/mol. The molecule has 0 atom stereocenters. The number of benzene rings is 1. The van der Waals surface area contributed by atoms with E-state index in [1.807, 2.05) is 36.7 Å². The van der Waals surface area contributed by atoms with Crippen molar-refractivity contribution in [3.8, 4) is 0 Å². The van der Waals surface area contributed by atoms with Crippen molar-refractivity contribution in [2.75, 3.05) is 0 Å². The third-order valence-electron chi connectivity index (χ3n) is 3.36. The quantitative estimate of drug-likeness (QED) is 0.561. The molecule has 0 saturated carbocycles. The van der Waals surface area contributed by atoms with Crippen molar-refractivity contribution in [1.29, 1.82) is 5.41 Å². The number of nitrogens with two attached hydrogens (primary N) is 1. The smallest absolute Gasteiger partial charge is 0.123 e. The molecule has 0 radical (unpaired) electrons. The van der Waals surface area contributed by atoms with E-state index < -0.39 is 0 Å². The van der Waals surface area contributed by atoms with Gasteiger partial charge in [0.2, 0.25) is 0 Å². The number of rotatable bonds is 5. The fraction of sp³-hybridized carbons (Fsp3) is 0.125. The fourth-order valence-corrected chi connectivity index (χ4v) is 3.03. The van der Waals surface area contributed by atoms with Crippen molar-refractivity contribution in [2.45, 2.75) is 13.0 Å². The minimum atomic E-state index is 0.102. The van der Waals surface area contributed by atoms with Crippen LogP contribution >= 0.6 is 11.3 Å². The minimum Gasteiger partial charge on any atom is -0.384 e. The molecule has 3 aromatic rings. The van der Waals surface area contributed by atoms with Crippen molar-refractivity contribution < 1.29 is 0 Å². The lowest BCUT2D eigenvalue weighted by Crippen LogP contribution is -2.15. The number of nitrogens with one attached hydrogen (secondary N) is 1. The first-order valence-corrected chi connectivity index (χ1v) is 7.56. The summed E-state index contributed by atoms with van der Waals surface area (Å²) in [6, 6.07) is 11.9. The van der Waals surface area contributed by atoms with E-state index in [1.54, 1.807) is 11.3 Å². The molecule has 2 aromatic heterocycles. The molecule has 2 heterocycles. The Bertz CT molecular complexity index is 743. The lowest BCUT2D eigenvalue weighted by Gasteiger charge is -2.11. The summed E-state index contributed by atoms with van der Waals surface area (Å²) in [7, 11) is 0. The highest BCUT2D eigenvalue weighted by Gasteiger charge is 2.09. The van der Waals surface area contributed by atoms with Gasteiger partial charge >= 0.3 is 0 Å². The van der Waals surface area contributed by atoms with Crippen molar-refractivity contribution in [2.24, 2.45) is 5.73 Å². The Hall–Kier alpha value is -2.40. The Morgan fingerprint density at radius 1 is 1.24 bits per heavy atom. The van der Waals surface area contributed by atoms with Gasteiger partial charge < -0.3 is 10.3 Å². The number of hydrogen-bond donors (Lipinski definition) is 2. The summed E-state index contributed by atoms with van der Waals surface area (Å²) in [4.78, 5) is 5.74. The molecular formula is C16H16N4S. The predicted octanol–water partition coefficient (Wildman–Crippen LogP) is 2.87. The van der Waals surface area contributed by atoms with E-state index in [4.69, 9.17) is 11.1 Å². The van der Waals surface area contributed by atoms with E-state index in [2.05, 4.69) is 27.1 Å². The highest BCUT2D eigenvalue weighted by molar-refractivity contribution is 7.09. The Labute approximate surface area is 127 Å². The van der Waals surface area contributed by atoms with Gasteiger partial charge in [0.05, 0.1) is 0 Å². The first-order chi connectivity index (χ1) is 10.2. The summed E-state index contributed by atoms with van der Waals surface area (Å²) in [5, 5.41) is 9.75. The van der Waals surface area contributed by atoms with Gasteiger partial charge in [0.15, 0.2) is 0 Å². The molecule has 0 aliphatic heterocycles. The van der Waals surface area contributed by atoms with Gasteiger partial charge in [-0.1, -0.05) is 30.3 Å². The van der Waals surface area contributed by atoms with Crippen LogP contribution in [0.3, 0.4) is 0 Å². The maximum absolute atomic E-state index is 7.67. The molecule has 0 bridgehead atoms. The molecule has 0 unspecified atom stereocenters. The number of imidazole rings is 1. The van der Waals surface area contributed by atoms with Crippen LogP contribution in [0.1, 0.15) is 21.8 Å². The number of nitrogens with zero attached hydrogens (tertiary/aromatic N) is 2. The van der Waals surface area contributed by atoms with Gasteiger partial charge in [-0.25, -0.2) is 4.98 Å². The predicted molar refractivity (Wildman–Crippen MR) is 85.9 cm³/mol.